The number of nitrogens with two attached hydrogens (primary N) is 1. The lowest BCUT2D eigenvalue weighted by Gasteiger charge is -2.27. The van der Waals surface area contributed by atoms with E-state index >= 15 is 0 Å². The van der Waals surface area contributed by atoms with Gasteiger partial charge >= 0.3 is 10.1 Å². The summed E-state index contributed by atoms with van der Waals surface area (Å²) in [5.74, 6) is -1.28. The average molecular weight is 550 g/mol. The Hall–Kier alpha value is -3.14. The number of carbonyl (C=O) groups is 1. The van der Waals surface area contributed by atoms with E-state index in [1.54, 1.807) is 31.2 Å². The van der Waals surface area contributed by atoms with Gasteiger partial charge in [-0.2, -0.15) is 8.42 Å². The topological polar surface area (TPSA) is 102 Å². The van der Waals surface area contributed by atoms with Crippen LogP contribution >= 0.6 is 23.2 Å². The molecule has 2 N–H and O–H groups in total. The van der Waals surface area contributed by atoms with E-state index in [1.807, 2.05) is 0 Å². The molecule has 188 valence electrons. The van der Waals surface area contributed by atoms with E-state index in [4.69, 9.17) is 33.1 Å². The predicted octanol–water partition coefficient (Wildman–Crippen LogP) is 4.95. The van der Waals surface area contributed by atoms with E-state index in [0.717, 1.165) is 0 Å². The van der Waals surface area contributed by atoms with Crippen molar-refractivity contribution in [2.75, 3.05) is 12.8 Å². The number of halogens is 3. The normalized spacial score (nSPS) is 17.9. The van der Waals surface area contributed by atoms with Gasteiger partial charge in [-0.1, -0.05) is 48.3 Å². The molecule has 0 saturated heterocycles. The molecule has 0 spiro atoms. The number of guanidine groups is 1. The fourth-order valence-corrected chi connectivity index (χ4v) is 5.58. The number of nitrogens with zero attached hydrogens (tertiary/aromatic N) is 2. The van der Waals surface area contributed by atoms with Crippen molar-refractivity contribution in [3.63, 3.8) is 0 Å². The molecule has 7 nitrogen and oxygen atoms in total. The summed E-state index contributed by atoms with van der Waals surface area (Å²) in [5.41, 5.74) is 5.48. The lowest BCUT2D eigenvalue weighted by molar-refractivity contribution is -0.129. The minimum Gasteiger partial charge on any atom is -0.382 e. The molecule has 1 unspecified atom stereocenters. The fraction of sp³-hybridized carbons (Fsp3) is 0.200. The van der Waals surface area contributed by atoms with Crippen LogP contribution in [0.5, 0.6) is 5.75 Å². The maximum atomic E-state index is 15.0. The maximum absolute atomic E-state index is 15.0. The zero-order valence-electron chi connectivity index (χ0n) is 19.3. The van der Waals surface area contributed by atoms with Crippen LogP contribution < -0.4 is 9.92 Å². The molecule has 1 atom stereocenters. The van der Waals surface area contributed by atoms with Crippen molar-refractivity contribution in [3.05, 3.63) is 87.7 Å². The van der Waals surface area contributed by atoms with Gasteiger partial charge in [0, 0.05) is 22.7 Å². The number of likely N-dealkylation sites (N-methyl/N-ethyl adjacent to an activating group) is 1. The van der Waals surface area contributed by atoms with Crippen molar-refractivity contribution in [1.82, 2.24) is 4.90 Å². The van der Waals surface area contributed by atoms with Gasteiger partial charge in [0.05, 0.1) is 5.75 Å². The second-order valence-electron chi connectivity index (χ2n) is 8.27. The second-order valence-corrected chi connectivity index (χ2v) is 10.8. The van der Waals surface area contributed by atoms with E-state index in [0.29, 0.717) is 33.2 Å². The molecule has 0 fully saturated rings. The van der Waals surface area contributed by atoms with Crippen LogP contribution in [0.1, 0.15) is 24.5 Å². The molecule has 1 heterocycles. The lowest BCUT2D eigenvalue weighted by atomic mass is 9.81. The summed E-state index contributed by atoms with van der Waals surface area (Å²) in [5, 5.41) is 0.628. The Bertz CT molecular complexity index is 1480. The van der Waals surface area contributed by atoms with Gasteiger partial charge in [0.2, 0.25) is 0 Å². The monoisotopic (exact) mass is 549 g/mol. The average Bonchev–Trinajstić information content (AvgIpc) is 3.03. The summed E-state index contributed by atoms with van der Waals surface area (Å²) in [6.45, 7) is 1.72. The van der Waals surface area contributed by atoms with Crippen LogP contribution in [0.3, 0.4) is 0 Å². The van der Waals surface area contributed by atoms with Gasteiger partial charge in [0.25, 0.3) is 5.91 Å². The van der Waals surface area contributed by atoms with Gasteiger partial charge in [-0.3, -0.25) is 9.69 Å². The van der Waals surface area contributed by atoms with Crippen LogP contribution in [0.25, 0.3) is 11.1 Å². The molecule has 1 aliphatic heterocycles. The fourth-order valence-electron chi connectivity index (χ4n) is 4.08. The summed E-state index contributed by atoms with van der Waals surface area (Å²) in [7, 11) is -2.36. The predicted molar refractivity (Wildman–Crippen MR) is 138 cm³/mol. The summed E-state index contributed by atoms with van der Waals surface area (Å²) in [6.07, 6.45) is 0.377. The van der Waals surface area contributed by atoms with Crippen molar-refractivity contribution < 1.29 is 21.8 Å². The van der Waals surface area contributed by atoms with Crippen LogP contribution in [0.2, 0.25) is 10.0 Å². The molecule has 3 aromatic carbocycles. The number of carbonyl (C=O) groups excluding carboxylic acids is 1. The molecule has 36 heavy (non-hydrogen) atoms. The number of benzene rings is 3. The maximum Gasteiger partial charge on any atom is 0.309 e. The van der Waals surface area contributed by atoms with Crippen molar-refractivity contribution in [2.45, 2.75) is 18.9 Å². The van der Waals surface area contributed by atoms with Crippen LogP contribution in [0.4, 0.5) is 4.39 Å². The summed E-state index contributed by atoms with van der Waals surface area (Å²) >= 11 is 12.3. The van der Waals surface area contributed by atoms with Crippen LogP contribution in [0.15, 0.2) is 65.7 Å². The van der Waals surface area contributed by atoms with Crippen molar-refractivity contribution in [2.24, 2.45) is 10.7 Å². The molecule has 0 saturated carbocycles. The van der Waals surface area contributed by atoms with Crippen LogP contribution in [-0.4, -0.2) is 38.0 Å². The van der Waals surface area contributed by atoms with E-state index in [1.165, 1.54) is 48.3 Å². The molecule has 11 heteroatoms. The third-order valence-corrected chi connectivity index (χ3v) is 7.52. The van der Waals surface area contributed by atoms with E-state index < -0.39 is 27.4 Å². The van der Waals surface area contributed by atoms with E-state index in [9.17, 15) is 17.6 Å². The zero-order valence-corrected chi connectivity index (χ0v) is 21.7. The third-order valence-electron chi connectivity index (χ3n) is 5.73. The number of hydrogen-bond acceptors (Lipinski definition) is 6. The largest absolute Gasteiger partial charge is 0.382 e. The summed E-state index contributed by atoms with van der Waals surface area (Å²) in [6, 6.07) is 14.8. The SMILES string of the molecule is CCCS(=O)(=O)Oc1cccc(C2(c3ccc(F)c(-c4cc(Cl)cc(Cl)c4)c3)N=C(N)N(C)C2=O)c1. The quantitative estimate of drug-likeness (QED) is 0.420. The lowest BCUT2D eigenvalue weighted by Crippen LogP contribution is -2.41. The minimum absolute atomic E-state index is 0.0143. The highest BCUT2D eigenvalue weighted by Crippen LogP contribution is 2.42. The van der Waals surface area contributed by atoms with Crippen LogP contribution in [0, 0.1) is 5.82 Å². The van der Waals surface area contributed by atoms with Gasteiger partial charge < -0.3 is 9.92 Å². The van der Waals surface area contributed by atoms with Crippen molar-refractivity contribution >= 4 is 45.2 Å². The van der Waals surface area contributed by atoms with Gasteiger partial charge in [-0.05, 0) is 65.6 Å². The smallest absolute Gasteiger partial charge is 0.309 e. The Morgan fingerprint density at radius 1 is 1.06 bits per heavy atom. The van der Waals surface area contributed by atoms with E-state index in [2.05, 4.69) is 4.99 Å². The van der Waals surface area contributed by atoms with E-state index in [-0.39, 0.29) is 23.0 Å². The highest BCUT2D eigenvalue weighted by atomic mass is 35.5. The second kappa shape index (κ2) is 9.72. The molecule has 3 aromatic rings. The molecule has 4 rings (SSSR count). The Labute approximate surface area is 218 Å². The van der Waals surface area contributed by atoms with Gasteiger partial charge in [-0.15, -0.1) is 0 Å². The molecular weight excluding hydrogens is 528 g/mol. The molecule has 0 radical (unpaired) electrons. The number of amides is 1. The first-order valence-corrected chi connectivity index (χ1v) is 13.2. The Kier molecular flexibility index (Phi) is 7.01. The Balaban J connectivity index is 1.92. The van der Waals surface area contributed by atoms with Crippen LogP contribution in [-0.2, 0) is 20.5 Å². The Morgan fingerprint density at radius 3 is 2.33 bits per heavy atom. The van der Waals surface area contributed by atoms with Crippen molar-refractivity contribution in [1.29, 1.82) is 0 Å². The first-order valence-electron chi connectivity index (χ1n) is 10.9. The highest BCUT2D eigenvalue weighted by molar-refractivity contribution is 7.87. The first kappa shape index (κ1) is 25.9. The number of aliphatic imine (C=N–C) groups is 1. The molecule has 1 aliphatic rings. The standard InChI is InChI=1S/C25H22Cl2FN3O4S/c1-3-9-36(33,34)35-20-6-4-5-16(12-20)25(23(32)31(2)24(29)30-25)17-7-8-22(28)21(13-17)15-10-18(26)14-19(27)11-15/h4-8,10-14H,3,9H2,1-2H3,(H2,29,30). The summed E-state index contributed by atoms with van der Waals surface area (Å²) < 4.78 is 44.7. The van der Waals surface area contributed by atoms with Crippen molar-refractivity contribution in [3.8, 4) is 16.9 Å². The highest BCUT2D eigenvalue weighted by Gasteiger charge is 2.50. The number of hydrogen-bond donors (Lipinski definition) is 1. The molecular formula is C25H22Cl2FN3O4S. The minimum atomic E-state index is -3.83. The summed E-state index contributed by atoms with van der Waals surface area (Å²) in [4.78, 5) is 19.3. The third kappa shape index (κ3) is 4.78. The molecule has 0 aromatic heterocycles. The van der Waals surface area contributed by atoms with Gasteiger partial charge in [-0.25, -0.2) is 9.38 Å². The molecule has 0 bridgehead atoms. The van der Waals surface area contributed by atoms with Gasteiger partial charge in [0.15, 0.2) is 11.5 Å². The Morgan fingerprint density at radius 2 is 1.72 bits per heavy atom. The molecule has 1 amide bonds. The zero-order chi connectivity index (χ0) is 26.3. The van der Waals surface area contributed by atoms with Gasteiger partial charge in [0.1, 0.15) is 11.6 Å². The first-order chi connectivity index (χ1) is 17.0. The molecule has 0 aliphatic carbocycles. The number of rotatable bonds is 7.